The highest BCUT2D eigenvalue weighted by molar-refractivity contribution is 7.86. The van der Waals surface area contributed by atoms with E-state index in [2.05, 4.69) is 24.8 Å². The first-order chi connectivity index (χ1) is 13.0. The number of hydrogen-bond donors (Lipinski definition) is 1. The third-order valence-electron chi connectivity index (χ3n) is 4.61. The second-order valence-corrected chi connectivity index (χ2v) is 7.77. The molecule has 0 aliphatic carbocycles. The molecule has 1 saturated heterocycles. The Hall–Kier alpha value is -2.63. The first kappa shape index (κ1) is 17.8. The van der Waals surface area contributed by atoms with Crippen molar-refractivity contribution in [2.24, 2.45) is 5.14 Å². The van der Waals surface area contributed by atoms with E-state index in [-0.39, 0.29) is 0 Å². The molecule has 0 amide bonds. The van der Waals surface area contributed by atoms with Crippen LogP contribution in [0.5, 0.6) is 5.88 Å². The summed E-state index contributed by atoms with van der Waals surface area (Å²) < 4.78 is 29.8. The van der Waals surface area contributed by atoms with Gasteiger partial charge in [-0.2, -0.15) is 17.7 Å². The zero-order valence-electron chi connectivity index (χ0n) is 14.7. The Kier molecular flexibility index (Phi) is 4.50. The van der Waals surface area contributed by atoms with Gasteiger partial charge in [0, 0.05) is 37.6 Å². The lowest BCUT2D eigenvalue weighted by Gasteiger charge is -2.23. The monoisotopic (exact) mass is 389 g/mol. The molecular weight excluding hydrogens is 370 g/mol. The SMILES string of the molecule is COc1ccc2c(ncc3ncnc(N4CCCN(S(N)(=O)=O)CC4)c32)n1. The van der Waals surface area contributed by atoms with Crippen LogP contribution < -0.4 is 14.8 Å². The molecule has 4 heterocycles. The Morgan fingerprint density at radius 2 is 1.96 bits per heavy atom. The normalized spacial score (nSPS) is 16.6. The number of nitrogens with two attached hydrogens (primary N) is 1. The summed E-state index contributed by atoms with van der Waals surface area (Å²) in [6.45, 7) is 1.83. The van der Waals surface area contributed by atoms with Crippen LogP contribution in [-0.4, -0.2) is 65.9 Å². The molecule has 27 heavy (non-hydrogen) atoms. The smallest absolute Gasteiger partial charge is 0.276 e. The van der Waals surface area contributed by atoms with Gasteiger partial charge in [-0.25, -0.2) is 20.1 Å². The maximum Gasteiger partial charge on any atom is 0.276 e. The third kappa shape index (κ3) is 3.36. The van der Waals surface area contributed by atoms with E-state index in [1.807, 2.05) is 6.07 Å². The lowest BCUT2D eigenvalue weighted by atomic mass is 10.1. The molecule has 0 aromatic carbocycles. The van der Waals surface area contributed by atoms with Crippen LogP contribution in [0.3, 0.4) is 0 Å². The molecule has 142 valence electrons. The van der Waals surface area contributed by atoms with E-state index in [1.54, 1.807) is 19.4 Å². The molecule has 0 spiro atoms. The van der Waals surface area contributed by atoms with Crippen molar-refractivity contribution in [1.29, 1.82) is 0 Å². The molecular formula is C16H19N7O3S. The molecule has 0 atom stereocenters. The van der Waals surface area contributed by atoms with Gasteiger partial charge >= 0.3 is 0 Å². The molecule has 0 radical (unpaired) electrons. The first-order valence-electron chi connectivity index (χ1n) is 8.44. The van der Waals surface area contributed by atoms with Gasteiger partial charge < -0.3 is 9.64 Å². The fraction of sp³-hybridized carbons (Fsp3) is 0.375. The van der Waals surface area contributed by atoms with Crippen LogP contribution in [-0.2, 0) is 10.2 Å². The van der Waals surface area contributed by atoms with Crippen LogP contribution in [0.4, 0.5) is 5.82 Å². The van der Waals surface area contributed by atoms with Gasteiger partial charge in [-0.15, -0.1) is 0 Å². The predicted molar refractivity (Wildman–Crippen MR) is 101 cm³/mol. The van der Waals surface area contributed by atoms with Crippen molar-refractivity contribution in [2.75, 3.05) is 38.2 Å². The molecule has 2 N–H and O–H groups in total. The van der Waals surface area contributed by atoms with Crippen LogP contribution in [0, 0.1) is 0 Å². The summed E-state index contributed by atoms with van der Waals surface area (Å²) in [5, 5.41) is 6.93. The lowest BCUT2D eigenvalue weighted by molar-refractivity contribution is 0.399. The molecule has 0 unspecified atom stereocenters. The average Bonchev–Trinajstić information content (AvgIpc) is 2.93. The number of nitrogens with zero attached hydrogens (tertiary/aromatic N) is 6. The van der Waals surface area contributed by atoms with Gasteiger partial charge in [-0.3, -0.25) is 0 Å². The van der Waals surface area contributed by atoms with Gasteiger partial charge in [0.25, 0.3) is 10.2 Å². The van der Waals surface area contributed by atoms with E-state index < -0.39 is 10.2 Å². The van der Waals surface area contributed by atoms with Gasteiger partial charge in [-0.1, -0.05) is 0 Å². The van der Waals surface area contributed by atoms with Crippen LogP contribution >= 0.6 is 0 Å². The fourth-order valence-corrected chi connectivity index (χ4v) is 4.03. The molecule has 11 heteroatoms. The number of pyridine rings is 2. The van der Waals surface area contributed by atoms with Crippen molar-refractivity contribution in [3.63, 3.8) is 0 Å². The van der Waals surface area contributed by atoms with E-state index in [1.165, 1.54) is 10.6 Å². The highest BCUT2D eigenvalue weighted by atomic mass is 32.2. The minimum absolute atomic E-state index is 0.305. The molecule has 3 aromatic heterocycles. The van der Waals surface area contributed by atoms with Gasteiger partial charge in [-0.05, 0) is 12.5 Å². The summed E-state index contributed by atoms with van der Waals surface area (Å²) in [4.78, 5) is 19.6. The third-order valence-corrected chi connectivity index (χ3v) is 5.69. The van der Waals surface area contributed by atoms with Crippen molar-refractivity contribution < 1.29 is 13.2 Å². The van der Waals surface area contributed by atoms with Crippen molar-refractivity contribution in [3.8, 4) is 5.88 Å². The molecule has 0 saturated carbocycles. The molecule has 1 fully saturated rings. The van der Waals surface area contributed by atoms with Crippen LogP contribution in [0.1, 0.15) is 6.42 Å². The second-order valence-electron chi connectivity index (χ2n) is 6.23. The molecule has 4 rings (SSSR count). The number of ether oxygens (including phenoxy) is 1. The van der Waals surface area contributed by atoms with Gasteiger partial charge in [0.1, 0.15) is 12.1 Å². The standard InChI is InChI=1S/C16H19N7O3S/c1-26-13-4-3-11-14-12(9-18-15(11)21-13)19-10-20-16(14)22-5-2-6-23(8-7-22)27(17,24)25/h3-4,9-10H,2,5-8H2,1H3,(H2,17,24,25). The Morgan fingerprint density at radius 1 is 1.11 bits per heavy atom. The Balaban J connectivity index is 1.80. The maximum absolute atomic E-state index is 11.7. The summed E-state index contributed by atoms with van der Waals surface area (Å²) in [6, 6.07) is 3.66. The van der Waals surface area contributed by atoms with Crippen molar-refractivity contribution in [3.05, 3.63) is 24.7 Å². The molecule has 0 bridgehead atoms. The number of fused-ring (bicyclic) bond motifs is 3. The Morgan fingerprint density at radius 3 is 2.74 bits per heavy atom. The molecule has 1 aliphatic rings. The minimum atomic E-state index is -3.70. The number of methoxy groups -OCH3 is 1. The zero-order chi connectivity index (χ0) is 19.0. The van der Waals surface area contributed by atoms with Crippen LogP contribution in [0.25, 0.3) is 21.9 Å². The Labute approximate surface area is 156 Å². The second kappa shape index (κ2) is 6.83. The molecule has 3 aromatic rings. The fourth-order valence-electron chi connectivity index (χ4n) is 3.31. The van der Waals surface area contributed by atoms with Gasteiger partial charge in [0.05, 0.1) is 24.2 Å². The first-order valence-corrected chi connectivity index (χ1v) is 9.95. The van der Waals surface area contributed by atoms with E-state index in [0.29, 0.717) is 49.6 Å². The minimum Gasteiger partial charge on any atom is -0.481 e. The van der Waals surface area contributed by atoms with Crippen molar-refractivity contribution in [1.82, 2.24) is 24.2 Å². The highest BCUT2D eigenvalue weighted by Gasteiger charge is 2.24. The van der Waals surface area contributed by atoms with E-state index >= 15 is 0 Å². The summed E-state index contributed by atoms with van der Waals surface area (Å²) in [5.41, 5.74) is 1.24. The van der Waals surface area contributed by atoms with E-state index in [4.69, 9.17) is 9.88 Å². The number of hydrogen-bond acceptors (Lipinski definition) is 8. The topological polar surface area (TPSA) is 127 Å². The van der Waals surface area contributed by atoms with E-state index in [9.17, 15) is 8.42 Å². The van der Waals surface area contributed by atoms with Gasteiger partial charge in [0.15, 0.2) is 5.65 Å². The van der Waals surface area contributed by atoms with Crippen LogP contribution in [0.2, 0.25) is 0 Å². The molecule has 1 aliphatic heterocycles. The van der Waals surface area contributed by atoms with E-state index in [0.717, 1.165) is 16.6 Å². The summed E-state index contributed by atoms with van der Waals surface area (Å²) in [5.74, 6) is 1.21. The predicted octanol–water partition coefficient (Wildman–Crippen LogP) is 0.297. The largest absolute Gasteiger partial charge is 0.481 e. The number of aromatic nitrogens is 4. The lowest BCUT2D eigenvalue weighted by Crippen LogP contribution is -2.39. The van der Waals surface area contributed by atoms with Crippen LogP contribution in [0.15, 0.2) is 24.7 Å². The summed E-state index contributed by atoms with van der Waals surface area (Å²) >= 11 is 0. The number of anilines is 1. The van der Waals surface area contributed by atoms with Crippen molar-refractivity contribution in [2.45, 2.75) is 6.42 Å². The quantitative estimate of drug-likeness (QED) is 0.634. The highest BCUT2D eigenvalue weighted by Crippen LogP contribution is 2.30. The maximum atomic E-state index is 11.7. The zero-order valence-corrected chi connectivity index (χ0v) is 15.6. The summed E-state index contributed by atoms with van der Waals surface area (Å²) in [7, 11) is -2.15. The Bertz CT molecular complexity index is 1110. The average molecular weight is 389 g/mol. The number of rotatable bonds is 3. The molecule has 10 nitrogen and oxygen atoms in total. The van der Waals surface area contributed by atoms with Crippen molar-refractivity contribution >= 4 is 38.0 Å². The summed E-state index contributed by atoms with van der Waals surface area (Å²) in [6.07, 6.45) is 3.80. The van der Waals surface area contributed by atoms with Gasteiger partial charge in [0.2, 0.25) is 5.88 Å².